The quantitative estimate of drug-likeness (QED) is 0.589. The Kier molecular flexibility index (Phi) is 4.76. The van der Waals surface area contributed by atoms with Crippen molar-refractivity contribution < 1.29 is 14.3 Å². The predicted molar refractivity (Wildman–Crippen MR) is 87.8 cm³/mol. The summed E-state index contributed by atoms with van der Waals surface area (Å²) >= 11 is 0. The number of piperazine rings is 1. The highest BCUT2D eigenvalue weighted by Crippen LogP contribution is 2.44. The fourth-order valence-corrected chi connectivity index (χ4v) is 4.33. The van der Waals surface area contributed by atoms with Gasteiger partial charge in [-0.15, -0.1) is 0 Å². The summed E-state index contributed by atoms with van der Waals surface area (Å²) in [5, 5.41) is 0. The molecule has 1 saturated carbocycles. The second-order valence-corrected chi connectivity index (χ2v) is 7.41. The van der Waals surface area contributed by atoms with E-state index in [1.807, 2.05) is 11.8 Å². The van der Waals surface area contributed by atoms with Crippen molar-refractivity contribution in [2.75, 3.05) is 32.7 Å². The van der Waals surface area contributed by atoms with E-state index in [1.54, 1.807) is 0 Å². The molecule has 1 amide bonds. The fraction of sp³-hybridized carbons (Fsp3) is 0.778. The molecule has 0 aromatic carbocycles. The van der Waals surface area contributed by atoms with Crippen LogP contribution in [0.1, 0.15) is 45.4 Å². The third kappa shape index (κ3) is 3.44. The SMILES string of the molecule is C=C(C)CN1CCN(C(=O)C2CC(=O)OC23CCCCC3)CC1. The van der Waals surface area contributed by atoms with E-state index in [0.29, 0.717) is 0 Å². The van der Waals surface area contributed by atoms with Gasteiger partial charge in [0.2, 0.25) is 5.91 Å². The topological polar surface area (TPSA) is 49.9 Å². The molecule has 3 aliphatic rings. The molecule has 0 bridgehead atoms. The Labute approximate surface area is 138 Å². The van der Waals surface area contributed by atoms with E-state index in [1.165, 1.54) is 6.42 Å². The fourth-order valence-electron chi connectivity index (χ4n) is 4.33. The number of amides is 1. The van der Waals surface area contributed by atoms with Gasteiger partial charge in [-0.2, -0.15) is 0 Å². The molecule has 3 rings (SSSR count). The van der Waals surface area contributed by atoms with E-state index >= 15 is 0 Å². The summed E-state index contributed by atoms with van der Waals surface area (Å²) in [7, 11) is 0. The van der Waals surface area contributed by atoms with Crippen LogP contribution < -0.4 is 0 Å². The molecule has 0 radical (unpaired) electrons. The molecule has 2 aliphatic heterocycles. The second kappa shape index (κ2) is 6.63. The lowest BCUT2D eigenvalue weighted by atomic mass is 9.75. The number of carbonyl (C=O) groups excluding carboxylic acids is 2. The zero-order chi connectivity index (χ0) is 16.4. The number of hydrogen-bond donors (Lipinski definition) is 0. The minimum Gasteiger partial charge on any atom is -0.458 e. The normalized spacial score (nSPS) is 28.0. The molecule has 1 atom stereocenters. The van der Waals surface area contributed by atoms with E-state index in [0.717, 1.165) is 64.0 Å². The number of nitrogens with zero attached hydrogens (tertiary/aromatic N) is 2. The summed E-state index contributed by atoms with van der Waals surface area (Å²) in [6.45, 7) is 10.1. The first-order chi connectivity index (χ1) is 11.0. The molecule has 1 unspecified atom stereocenters. The molecule has 23 heavy (non-hydrogen) atoms. The summed E-state index contributed by atoms with van der Waals surface area (Å²) in [5.74, 6) is -0.318. The first-order valence-corrected chi connectivity index (χ1v) is 8.87. The molecule has 5 heteroatoms. The largest absolute Gasteiger partial charge is 0.458 e. The first kappa shape index (κ1) is 16.5. The molecule has 0 N–H and O–H groups in total. The summed E-state index contributed by atoms with van der Waals surface area (Å²) in [6, 6.07) is 0. The van der Waals surface area contributed by atoms with Gasteiger partial charge in [0.1, 0.15) is 5.60 Å². The molecule has 0 aromatic heterocycles. The van der Waals surface area contributed by atoms with Gasteiger partial charge >= 0.3 is 5.97 Å². The minimum absolute atomic E-state index is 0.132. The van der Waals surface area contributed by atoms with Crippen LogP contribution in [0.3, 0.4) is 0 Å². The van der Waals surface area contributed by atoms with E-state index < -0.39 is 5.60 Å². The molecular weight excluding hydrogens is 292 g/mol. The minimum atomic E-state index is -0.499. The third-order valence-corrected chi connectivity index (χ3v) is 5.50. The van der Waals surface area contributed by atoms with Crippen LogP contribution >= 0.6 is 0 Å². The van der Waals surface area contributed by atoms with Crippen molar-refractivity contribution >= 4 is 11.9 Å². The Bertz CT molecular complexity index is 488. The van der Waals surface area contributed by atoms with Crippen LogP contribution in [-0.4, -0.2) is 60.0 Å². The van der Waals surface area contributed by atoms with Gasteiger partial charge in [-0.1, -0.05) is 18.6 Å². The molecule has 2 saturated heterocycles. The lowest BCUT2D eigenvalue weighted by molar-refractivity contribution is -0.156. The van der Waals surface area contributed by atoms with Gasteiger partial charge in [0.15, 0.2) is 0 Å². The van der Waals surface area contributed by atoms with Gasteiger partial charge in [-0.3, -0.25) is 14.5 Å². The average Bonchev–Trinajstić information content (AvgIpc) is 2.83. The van der Waals surface area contributed by atoms with Gasteiger partial charge < -0.3 is 9.64 Å². The van der Waals surface area contributed by atoms with Crippen molar-refractivity contribution in [2.45, 2.75) is 51.0 Å². The zero-order valence-corrected chi connectivity index (χ0v) is 14.2. The third-order valence-electron chi connectivity index (χ3n) is 5.50. The highest BCUT2D eigenvalue weighted by atomic mass is 16.6. The van der Waals surface area contributed by atoms with Crippen molar-refractivity contribution in [3.63, 3.8) is 0 Å². The molecule has 1 spiro atoms. The van der Waals surface area contributed by atoms with E-state index in [9.17, 15) is 9.59 Å². The molecule has 128 valence electrons. The van der Waals surface area contributed by atoms with E-state index in [-0.39, 0.29) is 24.2 Å². The van der Waals surface area contributed by atoms with Crippen LogP contribution in [0.25, 0.3) is 0 Å². The number of esters is 1. The number of carbonyl (C=O) groups is 2. The molecular formula is C18H28N2O3. The highest BCUT2D eigenvalue weighted by molar-refractivity contribution is 5.88. The summed E-state index contributed by atoms with van der Waals surface area (Å²) in [5.41, 5.74) is 0.655. The Morgan fingerprint density at radius 3 is 2.48 bits per heavy atom. The average molecular weight is 320 g/mol. The monoisotopic (exact) mass is 320 g/mol. The van der Waals surface area contributed by atoms with E-state index in [2.05, 4.69) is 11.5 Å². The van der Waals surface area contributed by atoms with Gasteiger partial charge in [0.05, 0.1) is 12.3 Å². The van der Waals surface area contributed by atoms with Crippen molar-refractivity contribution in [1.82, 2.24) is 9.80 Å². The second-order valence-electron chi connectivity index (χ2n) is 7.41. The van der Waals surface area contributed by atoms with Gasteiger partial charge in [-0.25, -0.2) is 0 Å². The summed E-state index contributed by atoms with van der Waals surface area (Å²) in [6.07, 6.45) is 5.27. The zero-order valence-electron chi connectivity index (χ0n) is 14.2. The predicted octanol–water partition coefficient (Wildman–Crippen LogP) is 1.97. The number of hydrogen-bond acceptors (Lipinski definition) is 4. The van der Waals surface area contributed by atoms with Gasteiger partial charge in [0.25, 0.3) is 0 Å². The van der Waals surface area contributed by atoms with Crippen LogP contribution in [0.5, 0.6) is 0 Å². The summed E-state index contributed by atoms with van der Waals surface area (Å²) in [4.78, 5) is 29.2. The first-order valence-electron chi connectivity index (χ1n) is 8.87. The smallest absolute Gasteiger partial charge is 0.307 e. The van der Waals surface area contributed by atoms with Crippen molar-refractivity contribution in [1.29, 1.82) is 0 Å². The van der Waals surface area contributed by atoms with Crippen LogP contribution in [0.2, 0.25) is 0 Å². The van der Waals surface area contributed by atoms with Gasteiger partial charge in [-0.05, 0) is 32.6 Å². The molecule has 0 aromatic rings. The maximum Gasteiger partial charge on any atom is 0.307 e. The molecule has 1 aliphatic carbocycles. The maximum absolute atomic E-state index is 13.0. The maximum atomic E-state index is 13.0. The van der Waals surface area contributed by atoms with Crippen LogP contribution in [-0.2, 0) is 14.3 Å². The molecule has 3 fully saturated rings. The Morgan fingerprint density at radius 2 is 1.87 bits per heavy atom. The number of ether oxygens (including phenoxy) is 1. The molecule has 2 heterocycles. The van der Waals surface area contributed by atoms with Crippen LogP contribution in [0.4, 0.5) is 0 Å². The van der Waals surface area contributed by atoms with Gasteiger partial charge in [0, 0.05) is 32.7 Å². The van der Waals surface area contributed by atoms with Crippen LogP contribution in [0.15, 0.2) is 12.2 Å². The molecule has 5 nitrogen and oxygen atoms in total. The van der Waals surface area contributed by atoms with Crippen molar-refractivity contribution in [2.24, 2.45) is 5.92 Å². The Morgan fingerprint density at radius 1 is 1.22 bits per heavy atom. The Hall–Kier alpha value is -1.36. The Balaban J connectivity index is 1.63. The number of rotatable bonds is 3. The van der Waals surface area contributed by atoms with Crippen molar-refractivity contribution in [3.05, 3.63) is 12.2 Å². The lowest BCUT2D eigenvalue weighted by Crippen LogP contribution is -2.53. The standard InChI is InChI=1S/C18H28N2O3/c1-14(2)13-19-8-10-20(11-9-19)17(22)15-12-16(21)23-18(15)6-4-3-5-7-18/h15H,1,3-13H2,2H3. The van der Waals surface area contributed by atoms with E-state index in [4.69, 9.17) is 4.74 Å². The van der Waals surface area contributed by atoms with Crippen molar-refractivity contribution in [3.8, 4) is 0 Å². The summed E-state index contributed by atoms with van der Waals surface area (Å²) < 4.78 is 5.68. The highest BCUT2D eigenvalue weighted by Gasteiger charge is 2.53. The van der Waals surface area contributed by atoms with Crippen LogP contribution in [0, 0.1) is 5.92 Å². The lowest BCUT2D eigenvalue weighted by Gasteiger charge is -2.40.